The summed E-state index contributed by atoms with van der Waals surface area (Å²) in [5, 5.41) is 13.1. The monoisotopic (exact) mass is 307 g/mol. The number of carbonyl (C=O) groups is 2. The molecule has 9 heteroatoms. The van der Waals surface area contributed by atoms with Gasteiger partial charge < -0.3 is 10.0 Å². The summed E-state index contributed by atoms with van der Waals surface area (Å²) in [4.78, 5) is 33.4. The van der Waals surface area contributed by atoms with E-state index in [4.69, 9.17) is 0 Å². The van der Waals surface area contributed by atoms with Crippen molar-refractivity contribution in [3.05, 3.63) is 23.8 Å². The zero-order chi connectivity index (χ0) is 15.1. The summed E-state index contributed by atoms with van der Waals surface area (Å²) in [6, 6.07) is -0.816. The van der Waals surface area contributed by atoms with Crippen molar-refractivity contribution in [3.8, 4) is 0 Å². The quantitative estimate of drug-likeness (QED) is 0.858. The number of aryl methyl sites for hydroxylation is 1. The molecule has 0 aromatic carbocycles. The fourth-order valence-corrected chi connectivity index (χ4v) is 3.55. The second-order valence-electron chi connectivity index (χ2n) is 4.73. The SMILES string of the molecule is Cc1c(C(=O)N2C(C)SCC2C(=O)O)cnc2ncnn12. The maximum absolute atomic E-state index is 12.7. The van der Waals surface area contributed by atoms with Crippen molar-refractivity contribution < 1.29 is 14.7 Å². The maximum atomic E-state index is 12.7. The molecule has 1 N–H and O–H groups in total. The van der Waals surface area contributed by atoms with Gasteiger partial charge in [-0.15, -0.1) is 11.8 Å². The number of carbonyl (C=O) groups excluding carboxylic acids is 1. The van der Waals surface area contributed by atoms with E-state index in [1.807, 2.05) is 6.92 Å². The Morgan fingerprint density at radius 2 is 2.19 bits per heavy atom. The fraction of sp³-hybridized carbons (Fsp3) is 0.417. The van der Waals surface area contributed by atoms with E-state index in [0.29, 0.717) is 22.8 Å². The van der Waals surface area contributed by atoms with Gasteiger partial charge in [0.1, 0.15) is 12.4 Å². The summed E-state index contributed by atoms with van der Waals surface area (Å²) in [6.07, 6.45) is 2.79. The van der Waals surface area contributed by atoms with Crippen molar-refractivity contribution in [1.29, 1.82) is 0 Å². The standard InChI is InChI=1S/C12H13N5O3S/c1-6-8(3-13-12-14-5-15-17(6)12)10(18)16-7(2)21-4-9(16)11(19)20/h3,5,7,9H,4H2,1-2H3,(H,19,20). The lowest BCUT2D eigenvalue weighted by Crippen LogP contribution is -2.45. The number of carboxylic acid groups (broad SMARTS) is 1. The van der Waals surface area contributed by atoms with Crippen molar-refractivity contribution in [3.63, 3.8) is 0 Å². The van der Waals surface area contributed by atoms with Crippen LogP contribution in [0.1, 0.15) is 23.0 Å². The van der Waals surface area contributed by atoms with Crippen molar-refractivity contribution in [2.24, 2.45) is 0 Å². The summed E-state index contributed by atoms with van der Waals surface area (Å²) >= 11 is 1.44. The number of amides is 1. The van der Waals surface area contributed by atoms with E-state index in [1.54, 1.807) is 6.92 Å². The van der Waals surface area contributed by atoms with E-state index in [-0.39, 0.29) is 11.3 Å². The van der Waals surface area contributed by atoms with Crippen LogP contribution in [-0.4, -0.2) is 58.6 Å². The van der Waals surface area contributed by atoms with Crippen molar-refractivity contribution in [2.45, 2.75) is 25.3 Å². The third-order valence-corrected chi connectivity index (χ3v) is 4.74. The highest BCUT2D eigenvalue weighted by molar-refractivity contribution is 8.00. The molecule has 0 bridgehead atoms. The second kappa shape index (κ2) is 4.99. The first-order valence-electron chi connectivity index (χ1n) is 6.33. The van der Waals surface area contributed by atoms with Gasteiger partial charge in [-0.2, -0.15) is 10.1 Å². The van der Waals surface area contributed by atoms with Crippen LogP contribution >= 0.6 is 11.8 Å². The summed E-state index contributed by atoms with van der Waals surface area (Å²) in [5.41, 5.74) is 0.935. The van der Waals surface area contributed by atoms with E-state index in [2.05, 4.69) is 15.1 Å². The average Bonchev–Trinajstić information content (AvgIpc) is 3.05. The average molecular weight is 307 g/mol. The molecular weight excluding hydrogens is 294 g/mol. The third kappa shape index (κ3) is 2.13. The Morgan fingerprint density at radius 1 is 1.43 bits per heavy atom. The van der Waals surface area contributed by atoms with Crippen LogP contribution in [0.5, 0.6) is 0 Å². The van der Waals surface area contributed by atoms with Gasteiger partial charge in [-0.05, 0) is 13.8 Å². The molecule has 2 atom stereocenters. The number of fused-ring (bicyclic) bond motifs is 1. The lowest BCUT2D eigenvalue weighted by atomic mass is 10.2. The molecule has 3 rings (SSSR count). The van der Waals surface area contributed by atoms with Crippen LogP contribution in [0.15, 0.2) is 12.5 Å². The Kier molecular flexibility index (Phi) is 3.28. The Hall–Kier alpha value is -2.16. The number of aromatic nitrogens is 4. The molecule has 110 valence electrons. The third-order valence-electron chi connectivity index (χ3n) is 3.52. The van der Waals surface area contributed by atoms with Gasteiger partial charge in [0, 0.05) is 11.9 Å². The van der Waals surface area contributed by atoms with E-state index in [1.165, 1.54) is 33.7 Å². The van der Waals surface area contributed by atoms with Crippen molar-refractivity contribution >= 4 is 29.4 Å². The highest BCUT2D eigenvalue weighted by Crippen LogP contribution is 2.30. The van der Waals surface area contributed by atoms with Crippen LogP contribution in [0, 0.1) is 6.92 Å². The maximum Gasteiger partial charge on any atom is 0.327 e. The van der Waals surface area contributed by atoms with Crippen molar-refractivity contribution in [1.82, 2.24) is 24.5 Å². The molecule has 21 heavy (non-hydrogen) atoms. The van der Waals surface area contributed by atoms with Crippen LogP contribution in [0.25, 0.3) is 5.78 Å². The number of aliphatic carboxylic acids is 1. The zero-order valence-electron chi connectivity index (χ0n) is 11.4. The van der Waals surface area contributed by atoms with E-state index >= 15 is 0 Å². The van der Waals surface area contributed by atoms with Gasteiger partial charge in [0.25, 0.3) is 11.7 Å². The molecule has 1 aliphatic heterocycles. The number of rotatable bonds is 2. The molecule has 2 aromatic heterocycles. The van der Waals surface area contributed by atoms with Gasteiger partial charge >= 0.3 is 5.97 Å². The van der Waals surface area contributed by atoms with Gasteiger partial charge in [-0.25, -0.2) is 14.3 Å². The lowest BCUT2D eigenvalue weighted by molar-refractivity contribution is -0.141. The van der Waals surface area contributed by atoms with E-state index < -0.39 is 12.0 Å². The molecule has 1 aliphatic rings. The minimum absolute atomic E-state index is 0.190. The van der Waals surface area contributed by atoms with Gasteiger partial charge in [0.05, 0.1) is 16.6 Å². The number of carboxylic acids is 1. The summed E-state index contributed by atoms with van der Waals surface area (Å²) < 4.78 is 1.47. The van der Waals surface area contributed by atoms with Crippen LogP contribution in [0.3, 0.4) is 0 Å². The van der Waals surface area contributed by atoms with Gasteiger partial charge in [0.2, 0.25) is 0 Å². The van der Waals surface area contributed by atoms with E-state index in [9.17, 15) is 14.7 Å². The fourth-order valence-electron chi connectivity index (χ4n) is 2.38. The molecule has 3 heterocycles. The molecule has 0 spiro atoms. The number of hydrogen-bond acceptors (Lipinski definition) is 6. The summed E-state index contributed by atoms with van der Waals surface area (Å²) in [7, 11) is 0. The minimum Gasteiger partial charge on any atom is -0.480 e. The van der Waals surface area contributed by atoms with Crippen molar-refractivity contribution in [2.75, 3.05) is 5.75 Å². The normalized spacial score (nSPS) is 21.9. The molecule has 0 radical (unpaired) electrons. The molecule has 2 aromatic rings. The molecule has 2 unspecified atom stereocenters. The zero-order valence-corrected chi connectivity index (χ0v) is 12.2. The summed E-state index contributed by atoms with van der Waals surface area (Å²) in [5.74, 6) is -0.544. The van der Waals surface area contributed by atoms with Crippen LogP contribution in [0.2, 0.25) is 0 Å². The Bertz CT molecular complexity index is 731. The molecule has 0 aliphatic carbocycles. The number of hydrogen-bond donors (Lipinski definition) is 1. The Morgan fingerprint density at radius 3 is 2.90 bits per heavy atom. The van der Waals surface area contributed by atoms with Crippen LogP contribution < -0.4 is 0 Å². The van der Waals surface area contributed by atoms with Crippen LogP contribution in [0.4, 0.5) is 0 Å². The second-order valence-corrected chi connectivity index (χ2v) is 6.08. The number of thioether (sulfide) groups is 1. The molecule has 1 amide bonds. The highest BCUT2D eigenvalue weighted by Gasteiger charge is 2.40. The molecule has 0 saturated carbocycles. The van der Waals surface area contributed by atoms with Gasteiger partial charge in [0.15, 0.2) is 0 Å². The predicted octanol–water partition coefficient (Wildman–Crippen LogP) is 0.421. The molecular formula is C12H13N5O3S. The Labute approximate surface area is 124 Å². The van der Waals surface area contributed by atoms with Crippen LogP contribution in [-0.2, 0) is 4.79 Å². The topological polar surface area (TPSA) is 101 Å². The lowest BCUT2D eigenvalue weighted by Gasteiger charge is -2.25. The molecule has 8 nitrogen and oxygen atoms in total. The first kappa shape index (κ1) is 13.8. The number of nitrogens with zero attached hydrogens (tertiary/aromatic N) is 5. The first-order chi connectivity index (χ1) is 10.0. The molecule has 1 fully saturated rings. The minimum atomic E-state index is -0.993. The smallest absolute Gasteiger partial charge is 0.327 e. The molecule has 1 saturated heterocycles. The van der Waals surface area contributed by atoms with E-state index in [0.717, 1.165) is 0 Å². The van der Waals surface area contributed by atoms with Gasteiger partial charge in [-0.3, -0.25) is 4.79 Å². The first-order valence-corrected chi connectivity index (χ1v) is 7.38. The predicted molar refractivity (Wildman–Crippen MR) is 75.0 cm³/mol. The summed E-state index contributed by atoms with van der Waals surface area (Å²) in [6.45, 7) is 3.56. The Balaban J connectivity index is 2.03. The largest absolute Gasteiger partial charge is 0.480 e. The van der Waals surface area contributed by atoms with Gasteiger partial charge in [-0.1, -0.05) is 0 Å². The highest BCUT2D eigenvalue weighted by atomic mass is 32.2.